The maximum Gasteiger partial charge on any atom is 0.319 e. The molecule has 2 aromatic rings. The predicted molar refractivity (Wildman–Crippen MR) is 118 cm³/mol. The maximum atomic E-state index is 13.1. The molecule has 0 bridgehead atoms. The van der Waals surface area contributed by atoms with Gasteiger partial charge in [0, 0.05) is 30.2 Å². The molecule has 2 atom stereocenters. The summed E-state index contributed by atoms with van der Waals surface area (Å²) in [4.78, 5) is 27.5. The number of morpholine rings is 1. The van der Waals surface area contributed by atoms with Gasteiger partial charge in [0.1, 0.15) is 11.7 Å². The molecular weight excluding hydrogens is 396 g/mol. The minimum absolute atomic E-state index is 0.259. The van der Waals surface area contributed by atoms with Gasteiger partial charge in [-0.25, -0.2) is 4.79 Å². The van der Waals surface area contributed by atoms with Crippen LogP contribution >= 0.6 is 0 Å². The quantitative estimate of drug-likeness (QED) is 0.689. The first-order valence-corrected chi connectivity index (χ1v) is 10.2. The van der Waals surface area contributed by atoms with Crippen LogP contribution in [0.4, 0.5) is 16.2 Å². The molecule has 0 saturated carbocycles. The molecule has 8 heteroatoms. The smallest absolute Gasteiger partial charge is 0.319 e. The van der Waals surface area contributed by atoms with Gasteiger partial charge in [0.25, 0.3) is 0 Å². The summed E-state index contributed by atoms with van der Waals surface area (Å²) in [5.41, 5.74) is 2.92. The number of benzene rings is 2. The molecule has 8 nitrogen and oxygen atoms in total. The summed E-state index contributed by atoms with van der Waals surface area (Å²) in [6.07, 6.45) is 0. The third-order valence-electron chi connectivity index (χ3n) is 5.54. The van der Waals surface area contributed by atoms with E-state index in [0.29, 0.717) is 30.3 Å². The Labute approximate surface area is 181 Å². The number of carbonyl (C=O) groups is 2. The van der Waals surface area contributed by atoms with E-state index in [9.17, 15) is 9.59 Å². The second-order valence-corrected chi connectivity index (χ2v) is 7.49. The van der Waals surface area contributed by atoms with Crippen LogP contribution in [0.3, 0.4) is 0 Å². The molecule has 0 unspecified atom stereocenters. The fourth-order valence-electron chi connectivity index (χ4n) is 3.88. The van der Waals surface area contributed by atoms with Crippen LogP contribution in [0.2, 0.25) is 0 Å². The first-order valence-electron chi connectivity index (χ1n) is 10.2. The largest absolute Gasteiger partial charge is 0.497 e. The van der Waals surface area contributed by atoms with Gasteiger partial charge in [-0.2, -0.15) is 0 Å². The number of nitrogens with zero attached hydrogens (tertiary/aromatic N) is 1. The molecule has 3 amide bonds. The maximum absolute atomic E-state index is 13.1. The first kappa shape index (κ1) is 20.7. The highest BCUT2D eigenvalue weighted by Gasteiger charge is 2.37. The van der Waals surface area contributed by atoms with Crippen LogP contribution in [0.5, 0.6) is 5.75 Å². The number of hydrogen-bond donors (Lipinski definition) is 3. The van der Waals surface area contributed by atoms with E-state index in [2.05, 4.69) is 27.4 Å². The fraction of sp³-hybridized carbons (Fsp3) is 0.304. The minimum atomic E-state index is -0.672. The van der Waals surface area contributed by atoms with Gasteiger partial charge in [-0.05, 0) is 42.0 Å². The Morgan fingerprint density at radius 2 is 1.81 bits per heavy atom. The zero-order valence-electron chi connectivity index (χ0n) is 17.4. The summed E-state index contributed by atoms with van der Waals surface area (Å²) >= 11 is 0. The molecule has 0 aliphatic carbocycles. The van der Waals surface area contributed by atoms with Gasteiger partial charge in [0.05, 0.1) is 26.4 Å². The van der Waals surface area contributed by atoms with Crippen LogP contribution in [0.1, 0.15) is 11.6 Å². The minimum Gasteiger partial charge on any atom is -0.497 e. The van der Waals surface area contributed by atoms with Gasteiger partial charge in [0.2, 0.25) is 5.91 Å². The molecule has 162 valence electrons. The van der Waals surface area contributed by atoms with Crippen LogP contribution in [0, 0.1) is 5.92 Å². The zero-order chi connectivity index (χ0) is 21.8. The number of hydrogen-bond acceptors (Lipinski definition) is 5. The average Bonchev–Trinajstić information content (AvgIpc) is 2.79. The Kier molecular flexibility index (Phi) is 6.08. The van der Waals surface area contributed by atoms with Gasteiger partial charge < -0.3 is 30.3 Å². The lowest BCUT2D eigenvalue weighted by Gasteiger charge is -2.34. The average molecular weight is 422 g/mol. The summed E-state index contributed by atoms with van der Waals surface area (Å²) in [6, 6.07) is 14.1. The molecule has 0 spiro atoms. The van der Waals surface area contributed by atoms with E-state index in [-0.39, 0.29) is 11.9 Å². The van der Waals surface area contributed by atoms with Crippen molar-refractivity contribution in [1.82, 2.24) is 10.6 Å². The Morgan fingerprint density at radius 1 is 1.13 bits per heavy atom. The van der Waals surface area contributed by atoms with Crippen molar-refractivity contribution in [3.63, 3.8) is 0 Å². The Morgan fingerprint density at radius 3 is 2.45 bits per heavy atom. The SMILES string of the molecule is C=C1NC(=O)N[C@H](c2ccc(N3CCOCC3)cc2)[C@@H]1C(=O)Nc1ccc(OC)cc1. The molecule has 2 aliphatic rings. The van der Waals surface area contributed by atoms with Crippen LogP contribution in [-0.2, 0) is 9.53 Å². The van der Waals surface area contributed by atoms with Crippen molar-refractivity contribution in [1.29, 1.82) is 0 Å². The van der Waals surface area contributed by atoms with Gasteiger partial charge >= 0.3 is 6.03 Å². The zero-order valence-corrected chi connectivity index (χ0v) is 17.4. The highest BCUT2D eigenvalue weighted by atomic mass is 16.5. The van der Waals surface area contributed by atoms with Gasteiger partial charge in [-0.1, -0.05) is 18.7 Å². The van der Waals surface area contributed by atoms with E-state index in [1.807, 2.05) is 24.3 Å². The van der Waals surface area contributed by atoms with Crippen molar-refractivity contribution >= 4 is 23.3 Å². The predicted octanol–water partition coefficient (Wildman–Crippen LogP) is 2.65. The van der Waals surface area contributed by atoms with Crippen LogP contribution < -0.4 is 25.6 Å². The van der Waals surface area contributed by atoms with Crippen LogP contribution in [0.15, 0.2) is 60.8 Å². The van der Waals surface area contributed by atoms with Crippen LogP contribution in [-0.4, -0.2) is 45.4 Å². The number of carbonyl (C=O) groups excluding carboxylic acids is 2. The molecule has 3 N–H and O–H groups in total. The molecular formula is C23H26N4O4. The van der Waals surface area contributed by atoms with E-state index < -0.39 is 12.0 Å². The number of rotatable bonds is 5. The normalized spacial score (nSPS) is 21.1. The number of nitrogens with one attached hydrogen (secondary N) is 3. The van der Waals surface area contributed by atoms with Gasteiger partial charge in [0.15, 0.2) is 0 Å². The molecule has 2 fully saturated rings. The van der Waals surface area contributed by atoms with Gasteiger partial charge in [-0.15, -0.1) is 0 Å². The van der Waals surface area contributed by atoms with E-state index in [1.54, 1.807) is 31.4 Å². The summed E-state index contributed by atoms with van der Waals surface area (Å²) in [7, 11) is 1.59. The monoisotopic (exact) mass is 422 g/mol. The summed E-state index contributed by atoms with van der Waals surface area (Å²) < 4.78 is 10.6. The van der Waals surface area contributed by atoms with Crippen LogP contribution in [0.25, 0.3) is 0 Å². The number of methoxy groups -OCH3 is 1. The van der Waals surface area contributed by atoms with E-state index in [0.717, 1.165) is 24.3 Å². The van der Waals surface area contributed by atoms with Crippen molar-refractivity contribution in [2.75, 3.05) is 43.6 Å². The van der Waals surface area contributed by atoms with E-state index in [4.69, 9.17) is 9.47 Å². The topological polar surface area (TPSA) is 91.9 Å². The number of amides is 3. The van der Waals surface area contributed by atoms with Crippen molar-refractivity contribution in [3.05, 3.63) is 66.4 Å². The highest BCUT2D eigenvalue weighted by molar-refractivity contribution is 5.97. The lowest BCUT2D eigenvalue weighted by molar-refractivity contribution is -0.119. The van der Waals surface area contributed by atoms with Crippen molar-refractivity contribution in [2.45, 2.75) is 6.04 Å². The Bertz CT molecular complexity index is 953. The summed E-state index contributed by atoms with van der Waals surface area (Å²) in [5, 5.41) is 8.40. The molecule has 2 heterocycles. The second-order valence-electron chi connectivity index (χ2n) is 7.49. The number of anilines is 2. The number of urea groups is 1. The van der Waals surface area contributed by atoms with Gasteiger partial charge in [-0.3, -0.25) is 4.79 Å². The fourth-order valence-corrected chi connectivity index (χ4v) is 3.88. The number of ether oxygens (including phenoxy) is 2. The molecule has 31 heavy (non-hydrogen) atoms. The Balaban J connectivity index is 1.54. The van der Waals surface area contributed by atoms with Crippen molar-refractivity contribution in [3.8, 4) is 5.75 Å². The van der Waals surface area contributed by atoms with E-state index in [1.165, 1.54) is 0 Å². The Hall–Kier alpha value is -3.52. The highest BCUT2D eigenvalue weighted by Crippen LogP contribution is 2.32. The first-order chi connectivity index (χ1) is 15.0. The molecule has 4 rings (SSSR count). The van der Waals surface area contributed by atoms with E-state index >= 15 is 0 Å². The molecule has 2 aromatic carbocycles. The molecule has 0 radical (unpaired) electrons. The standard InChI is InChI=1S/C23H26N4O4/c1-15-20(22(28)25-17-5-9-19(30-2)10-6-17)21(26-23(29)24-15)16-3-7-18(8-4-16)27-11-13-31-14-12-27/h3-10,20-21H,1,11-14H2,2H3,(H,25,28)(H2,24,26,29)/t20-,21-/m1/s1. The summed E-state index contributed by atoms with van der Waals surface area (Å²) in [5.74, 6) is -0.230. The third kappa shape index (κ3) is 4.64. The lowest BCUT2D eigenvalue weighted by Crippen LogP contribution is -2.51. The lowest BCUT2D eigenvalue weighted by atomic mass is 9.88. The third-order valence-corrected chi connectivity index (χ3v) is 5.54. The molecule has 0 aromatic heterocycles. The molecule has 2 aliphatic heterocycles. The van der Waals surface area contributed by atoms with Crippen molar-refractivity contribution in [2.24, 2.45) is 5.92 Å². The molecule has 2 saturated heterocycles. The van der Waals surface area contributed by atoms with Crippen molar-refractivity contribution < 1.29 is 19.1 Å². The second kappa shape index (κ2) is 9.09. The summed E-state index contributed by atoms with van der Waals surface area (Å²) in [6.45, 7) is 7.02.